The summed E-state index contributed by atoms with van der Waals surface area (Å²) in [4.78, 5) is 10.5. The summed E-state index contributed by atoms with van der Waals surface area (Å²) in [5, 5.41) is 0. The van der Waals surface area contributed by atoms with Gasteiger partial charge in [-0.1, -0.05) is 18.2 Å². The Kier molecular flexibility index (Phi) is 2.90. The van der Waals surface area contributed by atoms with Crippen LogP contribution in [-0.4, -0.2) is 13.1 Å². The molecule has 60 valence electrons. The fourth-order valence-corrected chi connectivity index (χ4v) is 0.712. The molecule has 1 aliphatic carbocycles. The van der Waals surface area contributed by atoms with E-state index in [4.69, 9.17) is 0 Å². The first kappa shape index (κ1) is 8.05. The maximum absolute atomic E-state index is 10.5. The predicted molar refractivity (Wildman–Crippen MR) is 43.0 cm³/mol. The fourth-order valence-electron chi connectivity index (χ4n) is 0.712. The Morgan fingerprint density at radius 3 is 2.73 bits per heavy atom. The minimum atomic E-state index is -0.301. The molecule has 0 aromatic carbocycles. The van der Waals surface area contributed by atoms with Crippen molar-refractivity contribution >= 4 is 5.97 Å². The van der Waals surface area contributed by atoms with Crippen molar-refractivity contribution in [3.63, 3.8) is 0 Å². The highest BCUT2D eigenvalue weighted by Crippen LogP contribution is 2.29. The predicted octanol–water partition coefficient (Wildman–Crippen LogP) is 1.68. The van der Waals surface area contributed by atoms with Crippen molar-refractivity contribution in [3.8, 4) is 0 Å². The lowest BCUT2D eigenvalue weighted by atomic mass is 10.3. The van der Waals surface area contributed by atoms with Gasteiger partial charge in [-0.2, -0.15) is 0 Å². The van der Waals surface area contributed by atoms with Crippen LogP contribution >= 0.6 is 0 Å². The van der Waals surface area contributed by atoms with Crippen LogP contribution in [0.4, 0.5) is 0 Å². The van der Waals surface area contributed by atoms with Crippen molar-refractivity contribution in [2.75, 3.05) is 7.11 Å². The molecule has 0 spiro atoms. The Labute approximate surface area is 66.5 Å². The zero-order chi connectivity index (χ0) is 8.10. The summed E-state index contributed by atoms with van der Waals surface area (Å²) in [6.45, 7) is 0. The van der Waals surface area contributed by atoms with Gasteiger partial charge < -0.3 is 4.74 Å². The van der Waals surface area contributed by atoms with Gasteiger partial charge in [0.1, 0.15) is 0 Å². The van der Waals surface area contributed by atoms with E-state index in [1.807, 2.05) is 6.08 Å². The fraction of sp³-hybridized carbons (Fsp3) is 0.444. The minimum absolute atomic E-state index is 0.301. The van der Waals surface area contributed by atoms with Gasteiger partial charge in [-0.15, -0.1) is 0 Å². The molecule has 0 atom stereocenters. The average Bonchev–Trinajstić information content (AvgIpc) is 2.81. The Balaban J connectivity index is 2.17. The highest BCUT2D eigenvalue weighted by molar-refractivity contribution is 5.82. The maximum atomic E-state index is 10.5. The summed E-state index contributed by atoms with van der Waals surface area (Å²) in [6.07, 6.45) is 9.72. The van der Waals surface area contributed by atoms with Gasteiger partial charge >= 0.3 is 5.97 Å². The second-order valence-corrected chi connectivity index (χ2v) is 2.60. The Hall–Kier alpha value is -1.05. The van der Waals surface area contributed by atoms with Crippen LogP contribution in [0.25, 0.3) is 0 Å². The van der Waals surface area contributed by atoms with Crippen LogP contribution in [0.3, 0.4) is 0 Å². The quantitative estimate of drug-likeness (QED) is 0.349. The molecule has 0 unspecified atom stereocenters. The molecule has 1 fully saturated rings. The van der Waals surface area contributed by atoms with Gasteiger partial charge in [-0.05, 0) is 18.8 Å². The largest absolute Gasteiger partial charge is 0.466 e. The Morgan fingerprint density at radius 2 is 2.18 bits per heavy atom. The van der Waals surface area contributed by atoms with Crippen LogP contribution in [0, 0.1) is 5.92 Å². The molecule has 0 amide bonds. The van der Waals surface area contributed by atoms with Gasteiger partial charge in [0.2, 0.25) is 0 Å². The van der Waals surface area contributed by atoms with E-state index in [9.17, 15) is 4.79 Å². The zero-order valence-electron chi connectivity index (χ0n) is 6.62. The van der Waals surface area contributed by atoms with E-state index in [2.05, 4.69) is 10.8 Å². The normalized spacial score (nSPS) is 17.9. The number of carbonyl (C=O) groups excluding carboxylic acids is 1. The molecular weight excluding hydrogens is 140 g/mol. The van der Waals surface area contributed by atoms with E-state index in [0.29, 0.717) is 0 Å². The lowest BCUT2D eigenvalue weighted by Gasteiger charge is -1.85. The lowest BCUT2D eigenvalue weighted by Crippen LogP contribution is -1.92. The van der Waals surface area contributed by atoms with E-state index in [1.165, 1.54) is 26.0 Å². The summed E-state index contributed by atoms with van der Waals surface area (Å²) in [5.74, 6) is 0.461. The third-order valence-electron chi connectivity index (χ3n) is 1.55. The van der Waals surface area contributed by atoms with Gasteiger partial charge in [-0.3, -0.25) is 0 Å². The highest BCUT2D eigenvalue weighted by Gasteiger charge is 2.16. The number of methoxy groups -OCH3 is 1. The first-order valence-electron chi connectivity index (χ1n) is 3.76. The Morgan fingerprint density at radius 1 is 1.45 bits per heavy atom. The molecule has 1 rings (SSSR count). The molecule has 0 aromatic rings. The molecule has 2 nitrogen and oxygen atoms in total. The van der Waals surface area contributed by atoms with E-state index in [1.54, 1.807) is 6.08 Å². The third kappa shape index (κ3) is 3.61. The van der Waals surface area contributed by atoms with E-state index >= 15 is 0 Å². The van der Waals surface area contributed by atoms with E-state index in [-0.39, 0.29) is 5.97 Å². The molecular formula is C9H12O2. The van der Waals surface area contributed by atoms with Gasteiger partial charge in [0.25, 0.3) is 0 Å². The number of ether oxygens (including phenoxy) is 1. The minimum Gasteiger partial charge on any atom is -0.466 e. The summed E-state index contributed by atoms with van der Waals surface area (Å²) >= 11 is 0. The van der Waals surface area contributed by atoms with Crippen molar-refractivity contribution in [1.82, 2.24) is 0 Å². The SMILES string of the molecule is COC(=O)/C=C/C=C/C1CC1. The lowest BCUT2D eigenvalue weighted by molar-refractivity contribution is -0.134. The van der Waals surface area contributed by atoms with Crippen LogP contribution in [-0.2, 0) is 9.53 Å². The second-order valence-electron chi connectivity index (χ2n) is 2.60. The van der Waals surface area contributed by atoms with Crippen LogP contribution in [0.5, 0.6) is 0 Å². The number of hydrogen-bond donors (Lipinski definition) is 0. The van der Waals surface area contributed by atoms with Crippen molar-refractivity contribution < 1.29 is 9.53 Å². The molecule has 0 N–H and O–H groups in total. The van der Waals surface area contributed by atoms with Gasteiger partial charge in [0.15, 0.2) is 0 Å². The van der Waals surface area contributed by atoms with E-state index in [0.717, 1.165) is 5.92 Å². The van der Waals surface area contributed by atoms with Gasteiger partial charge in [0.05, 0.1) is 7.11 Å². The van der Waals surface area contributed by atoms with Crippen molar-refractivity contribution in [3.05, 3.63) is 24.3 Å². The molecule has 0 radical (unpaired) electrons. The molecule has 0 aliphatic heterocycles. The molecule has 1 aliphatic rings. The summed E-state index contributed by atoms with van der Waals surface area (Å²) in [7, 11) is 1.37. The van der Waals surface area contributed by atoms with Crippen molar-refractivity contribution in [1.29, 1.82) is 0 Å². The number of esters is 1. The molecule has 0 saturated heterocycles. The number of rotatable bonds is 3. The zero-order valence-corrected chi connectivity index (χ0v) is 6.62. The maximum Gasteiger partial charge on any atom is 0.330 e. The summed E-state index contributed by atoms with van der Waals surface area (Å²) in [6, 6.07) is 0. The summed E-state index contributed by atoms with van der Waals surface area (Å²) < 4.78 is 4.41. The Bertz CT molecular complexity index is 188. The molecule has 1 saturated carbocycles. The molecule has 0 heterocycles. The highest BCUT2D eigenvalue weighted by atomic mass is 16.5. The molecule has 0 bridgehead atoms. The van der Waals surface area contributed by atoms with Crippen molar-refractivity contribution in [2.24, 2.45) is 5.92 Å². The third-order valence-corrected chi connectivity index (χ3v) is 1.55. The molecule has 2 heteroatoms. The second kappa shape index (κ2) is 3.96. The number of hydrogen-bond acceptors (Lipinski definition) is 2. The van der Waals surface area contributed by atoms with Crippen LogP contribution in [0.1, 0.15) is 12.8 Å². The van der Waals surface area contributed by atoms with Crippen LogP contribution < -0.4 is 0 Å². The number of allylic oxidation sites excluding steroid dienone is 3. The van der Waals surface area contributed by atoms with Gasteiger partial charge in [0, 0.05) is 6.08 Å². The number of carbonyl (C=O) groups is 1. The van der Waals surface area contributed by atoms with E-state index < -0.39 is 0 Å². The average molecular weight is 152 g/mol. The van der Waals surface area contributed by atoms with Crippen molar-refractivity contribution in [2.45, 2.75) is 12.8 Å². The molecule has 11 heavy (non-hydrogen) atoms. The standard InChI is InChI=1S/C9H12O2/c1-11-9(10)5-3-2-4-8-6-7-8/h2-5,8H,6-7H2,1H3/b4-2+,5-3+. The van der Waals surface area contributed by atoms with Gasteiger partial charge in [-0.25, -0.2) is 4.79 Å². The smallest absolute Gasteiger partial charge is 0.330 e. The molecule has 0 aromatic heterocycles. The van der Waals surface area contributed by atoms with Crippen LogP contribution in [0.15, 0.2) is 24.3 Å². The first-order valence-corrected chi connectivity index (χ1v) is 3.76. The topological polar surface area (TPSA) is 26.3 Å². The first-order chi connectivity index (χ1) is 5.33. The monoisotopic (exact) mass is 152 g/mol. The summed E-state index contributed by atoms with van der Waals surface area (Å²) in [5.41, 5.74) is 0. The van der Waals surface area contributed by atoms with Crippen LogP contribution in [0.2, 0.25) is 0 Å².